The maximum atomic E-state index is 11.9. The molecule has 2 aromatic heterocycles. The van der Waals surface area contributed by atoms with Gasteiger partial charge in [0.25, 0.3) is 0 Å². The molecule has 2 N–H and O–H groups in total. The first-order valence-electron chi connectivity index (χ1n) is 10.6. The summed E-state index contributed by atoms with van der Waals surface area (Å²) in [6, 6.07) is 5.48. The summed E-state index contributed by atoms with van der Waals surface area (Å²) in [7, 11) is -3.48. The van der Waals surface area contributed by atoms with Gasteiger partial charge in [0, 0.05) is 11.3 Å². The van der Waals surface area contributed by atoms with Gasteiger partial charge in [-0.25, -0.2) is 13.4 Å². The molecule has 3 aromatic rings. The van der Waals surface area contributed by atoms with E-state index in [0.29, 0.717) is 28.5 Å². The van der Waals surface area contributed by atoms with Gasteiger partial charge in [-0.15, -0.1) is 15.3 Å². The molecule has 0 fully saturated rings. The molecule has 0 aliphatic carbocycles. The van der Waals surface area contributed by atoms with Crippen molar-refractivity contribution >= 4 is 32.7 Å². The lowest BCUT2D eigenvalue weighted by Crippen LogP contribution is -2.13. The lowest BCUT2D eigenvalue weighted by atomic mass is 9.87. The maximum absolute atomic E-state index is 11.9. The summed E-state index contributed by atoms with van der Waals surface area (Å²) < 4.78 is 27.9. The van der Waals surface area contributed by atoms with Gasteiger partial charge in [-0.1, -0.05) is 61.5 Å². The van der Waals surface area contributed by atoms with E-state index in [9.17, 15) is 8.42 Å². The molecule has 3 rings (SSSR count). The van der Waals surface area contributed by atoms with E-state index in [2.05, 4.69) is 71.7 Å². The molecule has 0 saturated heterocycles. The first-order valence-corrected chi connectivity index (χ1v) is 12.5. The van der Waals surface area contributed by atoms with Crippen molar-refractivity contribution in [3.05, 3.63) is 35.3 Å². The van der Waals surface area contributed by atoms with Crippen LogP contribution in [-0.2, 0) is 20.9 Å². The minimum atomic E-state index is -3.48. The minimum absolute atomic E-state index is 0.134. The molecule has 32 heavy (non-hydrogen) atoms. The van der Waals surface area contributed by atoms with Crippen LogP contribution in [0.2, 0.25) is 0 Å². The molecular weight excluding hydrogens is 426 g/mol. The fraction of sp³-hybridized carbons (Fsp3) is 0.545. The molecule has 10 heteroatoms. The summed E-state index contributed by atoms with van der Waals surface area (Å²) in [4.78, 5) is 4.65. The van der Waals surface area contributed by atoms with Crippen molar-refractivity contribution < 1.29 is 8.42 Å². The summed E-state index contributed by atoms with van der Waals surface area (Å²) in [5.41, 5.74) is 3.46. The largest absolute Gasteiger partial charge is 0.282 e. The molecule has 0 amide bonds. The van der Waals surface area contributed by atoms with Gasteiger partial charge in [-0.3, -0.25) is 9.82 Å². The average Bonchev–Trinajstić information content (AvgIpc) is 3.16. The smallest absolute Gasteiger partial charge is 0.229 e. The number of H-pyrrole nitrogens is 1. The first kappa shape index (κ1) is 23.9. The highest BCUT2D eigenvalue weighted by molar-refractivity contribution is 7.92. The van der Waals surface area contributed by atoms with Crippen LogP contribution in [0.5, 0.6) is 0 Å². The molecule has 0 spiro atoms. The normalized spacial score (nSPS) is 13.6. The topological polar surface area (TPSA) is 117 Å². The van der Waals surface area contributed by atoms with Gasteiger partial charge in [0.15, 0.2) is 11.5 Å². The van der Waals surface area contributed by atoms with Crippen LogP contribution in [0.3, 0.4) is 0 Å². The Balaban J connectivity index is 2.19. The third kappa shape index (κ3) is 5.17. The van der Waals surface area contributed by atoms with Crippen LogP contribution in [0.4, 0.5) is 17.1 Å². The van der Waals surface area contributed by atoms with Crippen LogP contribution >= 0.6 is 0 Å². The maximum Gasteiger partial charge on any atom is 0.229 e. The number of hydrogen-bond acceptors (Lipinski definition) is 6. The van der Waals surface area contributed by atoms with Crippen LogP contribution in [0.1, 0.15) is 78.4 Å². The summed E-state index contributed by atoms with van der Waals surface area (Å²) in [5.74, 6) is 0.877. The number of nitrogens with zero attached hydrogens (tertiary/aromatic N) is 5. The quantitative estimate of drug-likeness (QED) is 0.485. The number of benzene rings is 1. The highest BCUT2D eigenvalue weighted by Gasteiger charge is 2.26. The second-order valence-electron chi connectivity index (χ2n) is 10.5. The fourth-order valence-electron chi connectivity index (χ4n) is 3.16. The number of fused-ring (bicyclic) bond motifs is 1. The van der Waals surface area contributed by atoms with Crippen molar-refractivity contribution in [1.82, 2.24) is 19.8 Å². The average molecular weight is 460 g/mol. The van der Waals surface area contributed by atoms with E-state index in [1.165, 1.54) is 0 Å². The molecule has 9 nitrogen and oxygen atoms in total. The van der Waals surface area contributed by atoms with E-state index in [0.717, 1.165) is 17.5 Å². The van der Waals surface area contributed by atoms with E-state index in [4.69, 9.17) is 0 Å². The van der Waals surface area contributed by atoms with Gasteiger partial charge < -0.3 is 0 Å². The zero-order valence-electron chi connectivity index (χ0n) is 20.3. The van der Waals surface area contributed by atoms with Crippen molar-refractivity contribution in [1.29, 1.82) is 0 Å². The van der Waals surface area contributed by atoms with Crippen LogP contribution < -0.4 is 4.72 Å². The Morgan fingerprint density at radius 3 is 2.25 bits per heavy atom. The van der Waals surface area contributed by atoms with E-state index < -0.39 is 10.0 Å². The molecule has 174 valence electrons. The lowest BCUT2D eigenvalue weighted by molar-refractivity contribution is 0.555. The number of hydrogen-bond donors (Lipinski definition) is 2. The van der Waals surface area contributed by atoms with Crippen LogP contribution in [0.15, 0.2) is 28.4 Å². The van der Waals surface area contributed by atoms with Crippen LogP contribution in [-0.4, -0.2) is 34.5 Å². The standard InChI is InChI=1S/C22H33N7O2S/c1-13(2)19-23-20-17(18(22(6,7)8)26-29(20)27-19)25-24-16-12-14(21(3,4)5)10-11-15(16)28-32(9,30)31/h10-13,26,28H,1-9H3. The monoisotopic (exact) mass is 459 g/mol. The van der Waals surface area contributed by atoms with E-state index >= 15 is 0 Å². The van der Waals surface area contributed by atoms with Gasteiger partial charge in [0.1, 0.15) is 5.69 Å². The van der Waals surface area contributed by atoms with Gasteiger partial charge in [0.05, 0.1) is 17.6 Å². The molecule has 0 radical (unpaired) electrons. The van der Waals surface area contributed by atoms with Crippen molar-refractivity contribution in [3.63, 3.8) is 0 Å². The van der Waals surface area contributed by atoms with Crippen molar-refractivity contribution in [3.8, 4) is 0 Å². The molecule has 0 atom stereocenters. The second kappa shape index (κ2) is 7.99. The van der Waals surface area contributed by atoms with Crippen LogP contribution in [0, 0.1) is 0 Å². The Morgan fingerprint density at radius 2 is 1.72 bits per heavy atom. The fourth-order valence-corrected chi connectivity index (χ4v) is 3.73. The molecule has 0 aliphatic rings. The Morgan fingerprint density at radius 1 is 1.06 bits per heavy atom. The summed E-state index contributed by atoms with van der Waals surface area (Å²) in [5, 5.41) is 16.8. The van der Waals surface area contributed by atoms with Crippen molar-refractivity contribution in [2.24, 2.45) is 10.2 Å². The second-order valence-corrected chi connectivity index (χ2v) is 12.3. The summed E-state index contributed by atoms with van der Waals surface area (Å²) >= 11 is 0. The predicted octanol–water partition coefficient (Wildman–Crippen LogP) is 5.56. The number of nitrogens with one attached hydrogen (secondary N) is 2. The van der Waals surface area contributed by atoms with Crippen molar-refractivity contribution in [2.75, 3.05) is 11.0 Å². The summed E-state index contributed by atoms with van der Waals surface area (Å²) in [6.45, 7) is 16.5. The summed E-state index contributed by atoms with van der Waals surface area (Å²) in [6.07, 6.45) is 1.11. The number of anilines is 1. The Labute approximate surface area is 189 Å². The van der Waals surface area contributed by atoms with Crippen LogP contribution in [0.25, 0.3) is 5.65 Å². The Kier molecular flexibility index (Phi) is 5.97. The van der Waals surface area contributed by atoms with E-state index in [1.807, 2.05) is 26.0 Å². The molecular formula is C22H33N7O2S. The lowest BCUT2D eigenvalue weighted by Gasteiger charge is -2.20. The Hall–Kier alpha value is -2.75. The molecule has 1 aromatic carbocycles. The van der Waals surface area contributed by atoms with E-state index in [1.54, 1.807) is 10.7 Å². The van der Waals surface area contributed by atoms with Crippen molar-refractivity contribution in [2.45, 2.75) is 72.1 Å². The van der Waals surface area contributed by atoms with Gasteiger partial charge in [-0.2, -0.15) is 4.63 Å². The highest BCUT2D eigenvalue weighted by Crippen LogP contribution is 2.37. The number of rotatable bonds is 5. The van der Waals surface area contributed by atoms with Gasteiger partial charge in [0.2, 0.25) is 15.7 Å². The third-order valence-electron chi connectivity index (χ3n) is 4.97. The number of aromatic nitrogens is 4. The zero-order chi connectivity index (χ0) is 24.1. The van der Waals surface area contributed by atoms with Gasteiger partial charge >= 0.3 is 0 Å². The molecule has 2 heterocycles. The zero-order valence-corrected chi connectivity index (χ0v) is 21.1. The third-order valence-corrected chi connectivity index (χ3v) is 5.56. The molecule has 0 aliphatic heterocycles. The number of sulfonamides is 1. The minimum Gasteiger partial charge on any atom is -0.282 e. The number of azo groups is 1. The molecule has 0 saturated carbocycles. The molecule has 0 bridgehead atoms. The predicted molar refractivity (Wildman–Crippen MR) is 128 cm³/mol. The van der Waals surface area contributed by atoms with Gasteiger partial charge in [-0.05, 0) is 23.1 Å². The number of aromatic amines is 1. The van der Waals surface area contributed by atoms with E-state index in [-0.39, 0.29) is 16.7 Å². The SMILES string of the molecule is CC(C)c1nc2c(N=Nc3cc(C(C)(C)C)ccc3NS(C)(=O)=O)c(C(C)(C)C)[nH]n2n1. The first-order chi connectivity index (χ1) is 14.6. The Bertz CT molecular complexity index is 1270. The highest BCUT2D eigenvalue weighted by atomic mass is 32.2. The molecule has 0 unspecified atom stereocenters.